The molecule has 0 saturated heterocycles. The van der Waals surface area contributed by atoms with E-state index in [0.29, 0.717) is 17.5 Å². The molecule has 0 aliphatic rings. The minimum Gasteiger partial charge on any atom is -0.207 e. The highest BCUT2D eigenvalue weighted by molar-refractivity contribution is 5.45. The van der Waals surface area contributed by atoms with Gasteiger partial charge in [0, 0.05) is 5.56 Å². The molecule has 22 heavy (non-hydrogen) atoms. The molecule has 2 rings (SSSR count). The zero-order chi connectivity index (χ0) is 15.9. The average molecular weight is 300 g/mol. The van der Waals surface area contributed by atoms with Gasteiger partial charge in [0.25, 0.3) is 0 Å². The molecule has 2 aromatic carbocycles. The van der Waals surface area contributed by atoms with Gasteiger partial charge in [0.05, 0.1) is 5.56 Å². The largest absolute Gasteiger partial charge is 0.207 e. The molecule has 2 aromatic rings. The quantitative estimate of drug-likeness (QED) is 0.423. The molecule has 0 spiro atoms. The van der Waals surface area contributed by atoms with Crippen molar-refractivity contribution in [3.05, 3.63) is 83.2 Å². The maximum absolute atomic E-state index is 14.0. The Morgan fingerprint density at radius 2 is 1.59 bits per heavy atom. The van der Waals surface area contributed by atoms with Crippen molar-refractivity contribution in [1.82, 2.24) is 0 Å². The lowest BCUT2D eigenvalue weighted by Crippen LogP contribution is -1.95. The number of aryl methyl sites for hydroxylation is 1. The van der Waals surface area contributed by atoms with Crippen molar-refractivity contribution in [2.24, 2.45) is 0 Å². The predicted molar refractivity (Wildman–Crippen MR) is 81.9 cm³/mol. The third-order valence-corrected chi connectivity index (χ3v) is 3.15. The Bertz CT molecular complexity index is 696. The van der Waals surface area contributed by atoms with Crippen molar-refractivity contribution < 1.29 is 13.2 Å². The lowest BCUT2D eigenvalue weighted by molar-refractivity contribution is 0.573. The molecule has 0 N–H and O–H groups in total. The highest BCUT2D eigenvalue weighted by Gasteiger charge is 2.09. The summed E-state index contributed by atoms with van der Waals surface area (Å²) in [4.78, 5) is 0. The summed E-state index contributed by atoms with van der Waals surface area (Å²) in [6.45, 7) is 3.61. The zero-order valence-electron chi connectivity index (χ0n) is 12.0. The smallest absolute Gasteiger partial charge is 0.142 e. The number of allylic oxidation sites excluding steroid dienone is 1. The standard InChI is InChI=1S/C19H15F3/c1-2-3-4-5-15-12-18(21)17(19(22)13-15)11-8-14-6-9-16(20)10-7-14/h2,6-7,9-10,12-13H,1,3-5H2. The molecule has 0 atom stereocenters. The van der Waals surface area contributed by atoms with Crippen LogP contribution in [0, 0.1) is 29.3 Å². The Morgan fingerprint density at radius 1 is 0.955 bits per heavy atom. The Kier molecular flexibility index (Phi) is 5.43. The highest BCUT2D eigenvalue weighted by atomic mass is 19.1. The summed E-state index contributed by atoms with van der Waals surface area (Å²) in [5.41, 5.74) is 0.830. The van der Waals surface area contributed by atoms with Crippen LogP contribution in [0.25, 0.3) is 0 Å². The predicted octanol–water partition coefficient (Wildman–Crippen LogP) is 5.01. The first-order valence-electron chi connectivity index (χ1n) is 6.96. The number of unbranched alkanes of at least 4 members (excludes halogenated alkanes) is 1. The normalized spacial score (nSPS) is 9.95. The van der Waals surface area contributed by atoms with Crippen LogP contribution in [0.4, 0.5) is 13.2 Å². The molecule has 112 valence electrons. The van der Waals surface area contributed by atoms with Crippen LogP contribution in [0.5, 0.6) is 0 Å². The molecule has 0 heterocycles. The van der Waals surface area contributed by atoms with Gasteiger partial charge in [-0.05, 0) is 61.2 Å². The summed E-state index contributed by atoms with van der Waals surface area (Å²) in [5, 5.41) is 0. The maximum Gasteiger partial charge on any atom is 0.142 e. The van der Waals surface area contributed by atoms with Crippen LogP contribution in [0.15, 0.2) is 49.1 Å². The third kappa shape index (κ3) is 4.26. The number of benzene rings is 2. The number of halogens is 3. The van der Waals surface area contributed by atoms with E-state index in [9.17, 15) is 13.2 Å². The monoisotopic (exact) mass is 300 g/mol. The van der Waals surface area contributed by atoms with E-state index in [2.05, 4.69) is 18.4 Å². The van der Waals surface area contributed by atoms with Gasteiger partial charge in [-0.3, -0.25) is 0 Å². The molecule has 0 aliphatic carbocycles. The van der Waals surface area contributed by atoms with Crippen molar-refractivity contribution in [2.45, 2.75) is 19.3 Å². The van der Waals surface area contributed by atoms with E-state index in [1.54, 1.807) is 6.08 Å². The lowest BCUT2D eigenvalue weighted by atomic mass is 10.0. The molecule has 0 aliphatic heterocycles. The Labute approximate surface area is 128 Å². The molecular weight excluding hydrogens is 285 g/mol. The topological polar surface area (TPSA) is 0 Å². The Balaban J connectivity index is 2.21. The van der Waals surface area contributed by atoms with E-state index < -0.39 is 11.6 Å². The second kappa shape index (κ2) is 7.51. The van der Waals surface area contributed by atoms with E-state index >= 15 is 0 Å². The van der Waals surface area contributed by atoms with Crippen LogP contribution in [-0.4, -0.2) is 0 Å². The fourth-order valence-electron chi connectivity index (χ4n) is 2.01. The van der Waals surface area contributed by atoms with E-state index in [1.807, 2.05) is 0 Å². The molecule has 0 unspecified atom stereocenters. The Hall–Kier alpha value is -2.47. The minimum absolute atomic E-state index is 0.267. The van der Waals surface area contributed by atoms with Gasteiger partial charge in [0.2, 0.25) is 0 Å². The van der Waals surface area contributed by atoms with Crippen LogP contribution in [0.3, 0.4) is 0 Å². The second-order valence-electron chi connectivity index (χ2n) is 4.87. The number of rotatable bonds is 4. The molecule has 0 saturated carbocycles. The minimum atomic E-state index is -0.678. The van der Waals surface area contributed by atoms with Crippen molar-refractivity contribution in [3.63, 3.8) is 0 Å². The average Bonchev–Trinajstić information content (AvgIpc) is 2.48. The SMILES string of the molecule is C=CCCCc1cc(F)c(C#Cc2ccc(F)cc2)c(F)c1. The molecule has 0 nitrogen and oxygen atoms in total. The van der Waals surface area contributed by atoms with Gasteiger partial charge in [0.15, 0.2) is 0 Å². The molecule has 0 fully saturated rings. The van der Waals surface area contributed by atoms with E-state index in [0.717, 1.165) is 12.8 Å². The van der Waals surface area contributed by atoms with Crippen molar-refractivity contribution in [1.29, 1.82) is 0 Å². The number of hydrogen-bond acceptors (Lipinski definition) is 0. The van der Waals surface area contributed by atoms with Gasteiger partial charge >= 0.3 is 0 Å². The summed E-state index contributed by atoms with van der Waals surface area (Å²) < 4.78 is 40.7. The fourth-order valence-corrected chi connectivity index (χ4v) is 2.01. The van der Waals surface area contributed by atoms with Gasteiger partial charge in [-0.25, -0.2) is 13.2 Å². The fraction of sp³-hybridized carbons (Fsp3) is 0.158. The lowest BCUT2D eigenvalue weighted by Gasteiger charge is -2.03. The molecule has 0 radical (unpaired) electrons. The summed E-state index contributed by atoms with van der Waals surface area (Å²) in [7, 11) is 0. The summed E-state index contributed by atoms with van der Waals surface area (Å²) in [6.07, 6.45) is 3.96. The Morgan fingerprint density at radius 3 is 2.18 bits per heavy atom. The van der Waals surface area contributed by atoms with Gasteiger partial charge < -0.3 is 0 Å². The zero-order valence-corrected chi connectivity index (χ0v) is 12.0. The van der Waals surface area contributed by atoms with Crippen LogP contribution < -0.4 is 0 Å². The van der Waals surface area contributed by atoms with E-state index in [4.69, 9.17) is 0 Å². The highest BCUT2D eigenvalue weighted by Crippen LogP contribution is 2.16. The molecule has 0 bridgehead atoms. The van der Waals surface area contributed by atoms with Crippen molar-refractivity contribution in [2.75, 3.05) is 0 Å². The van der Waals surface area contributed by atoms with Crippen LogP contribution in [0.1, 0.15) is 29.5 Å². The first-order valence-corrected chi connectivity index (χ1v) is 6.96. The first kappa shape index (κ1) is 15.9. The molecule has 0 amide bonds. The molecular formula is C19H15F3. The van der Waals surface area contributed by atoms with Crippen LogP contribution in [0.2, 0.25) is 0 Å². The first-order chi connectivity index (χ1) is 10.6. The van der Waals surface area contributed by atoms with Crippen molar-refractivity contribution in [3.8, 4) is 11.8 Å². The van der Waals surface area contributed by atoms with Crippen LogP contribution in [-0.2, 0) is 6.42 Å². The number of hydrogen-bond donors (Lipinski definition) is 0. The van der Waals surface area contributed by atoms with Gasteiger partial charge in [-0.1, -0.05) is 17.9 Å². The van der Waals surface area contributed by atoms with Gasteiger partial charge in [-0.2, -0.15) is 0 Å². The van der Waals surface area contributed by atoms with Crippen molar-refractivity contribution >= 4 is 0 Å². The van der Waals surface area contributed by atoms with Crippen LogP contribution >= 0.6 is 0 Å². The summed E-state index contributed by atoms with van der Waals surface area (Å²) in [5.74, 6) is 3.37. The second-order valence-corrected chi connectivity index (χ2v) is 4.87. The summed E-state index contributed by atoms with van der Waals surface area (Å²) >= 11 is 0. The van der Waals surface area contributed by atoms with E-state index in [1.165, 1.54) is 36.4 Å². The molecule has 0 aromatic heterocycles. The van der Waals surface area contributed by atoms with Gasteiger partial charge in [-0.15, -0.1) is 6.58 Å². The maximum atomic E-state index is 14.0. The van der Waals surface area contributed by atoms with E-state index in [-0.39, 0.29) is 11.4 Å². The summed E-state index contributed by atoms with van der Waals surface area (Å²) in [6, 6.07) is 8.03. The molecule has 3 heteroatoms. The van der Waals surface area contributed by atoms with Gasteiger partial charge in [0.1, 0.15) is 17.5 Å². The third-order valence-electron chi connectivity index (χ3n) is 3.15.